The third kappa shape index (κ3) is 3.95. The van der Waals surface area contributed by atoms with Gasteiger partial charge in [-0.1, -0.05) is 41.9 Å². The summed E-state index contributed by atoms with van der Waals surface area (Å²) in [6, 6.07) is 14.5. The molecule has 4 heteroatoms. The Balaban J connectivity index is 1.97. The smallest absolute Gasteiger partial charge is 0.142 e. The molecule has 0 fully saturated rings. The lowest BCUT2D eigenvalue weighted by Gasteiger charge is -2.18. The molecule has 2 nitrogen and oxygen atoms in total. The van der Waals surface area contributed by atoms with E-state index in [2.05, 4.69) is 5.32 Å². The van der Waals surface area contributed by atoms with Gasteiger partial charge in [0.15, 0.2) is 0 Å². The summed E-state index contributed by atoms with van der Waals surface area (Å²) in [6.07, 6.45) is 0.611. The van der Waals surface area contributed by atoms with Gasteiger partial charge in [-0.05, 0) is 37.2 Å². The minimum Gasteiger partial charge on any atom is -0.492 e. The van der Waals surface area contributed by atoms with Gasteiger partial charge in [-0.3, -0.25) is 0 Å². The van der Waals surface area contributed by atoms with Crippen molar-refractivity contribution in [3.63, 3.8) is 0 Å². The van der Waals surface area contributed by atoms with Crippen LogP contribution in [0.2, 0.25) is 5.02 Å². The molecule has 0 spiro atoms. The van der Waals surface area contributed by atoms with Crippen molar-refractivity contribution in [3.05, 3.63) is 64.9 Å². The highest BCUT2D eigenvalue weighted by atomic mass is 35.5. The van der Waals surface area contributed by atoms with Gasteiger partial charge < -0.3 is 10.1 Å². The first-order valence-corrected chi connectivity index (χ1v) is 6.86. The molecular weight excluding hydrogens is 277 g/mol. The molecule has 2 rings (SSSR count). The molecule has 1 N–H and O–H groups in total. The van der Waals surface area contributed by atoms with E-state index in [0.717, 1.165) is 11.3 Å². The fourth-order valence-electron chi connectivity index (χ4n) is 1.93. The van der Waals surface area contributed by atoms with Crippen molar-refractivity contribution >= 4 is 11.6 Å². The third-order valence-electron chi connectivity index (χ3n) is 3.10. The Kier molecular flexibility index (Phi) is 5.39. The summed E-state index contributed by atoms with van der Waals surface area (Å²) in [5, 5.41) is 3.35. The van der Waals surface area contributed by atoms with E-state index in [-0.39, 0.29) is 16.9 Å². The highest BCUT2D eigenvalue weighted by Crippen LogP contribution is 2.21. The van der Waals surface area contributed by atoms with Crippen LogP contribution < -0.4 is 10.1 Å². The lowest BCUT2D eigenvalue weighted by atomic mass is 10.1. The zero-order valence-electron chi connectivity index (χ0n) is 11.3. The van der Waals surface area contributed by atoms with Gasteiger partial charge in [0.1, 0.15) is 18.2 Å². The molecule has 0 aliphatic carbocycles. The standard InChI is InChI=1S/C16H17ClFNO/c1-19-13(11-20-14-7-3-2-4-8-14)10-12-6-5-9-15(18)16(12)17/h2-9,13,19H,10-11H2,1H3. The number of halogens is 2. The first kappa shape index (κ1) is 14.8. The molecule has 2 aromatic rings. The fraction of sp³-hybridized carbons (Fsp3) is 0.250. The van der Waals surface area contributed by atoms with Gasteiger partial charge in [-0.25, -0.2) is 4.39 Å². The number of hydrogen-bond donors (Lipinski definition) is 1. The molecule has 0 aliphatic heterocycles. The van der Waals surface area contributed by atoms with E-state index in [1.54, 1.807) is 6.07 Å². The van der Waals surface area contributed by atoms with Crippen molar-refractivity contribution < 1.29 is 9.13 Å². The average molecular weight is 294 g/mol. The Morgan fingerprint density at radius 3 is 2.60 bits per heavy atom. The van der Waals surface area contributed by atoms with Crippen LogP contribution in [0.1, 0.15) is 5.56 Å². The summed E-state index contributed by atoms with van der Waals surface area (Å²) in [6.45, 7) is 0.493. The number of benzene rings is 2. The van der Waals surface area contributed by atoms with Crippen molar-refractivity contribution in [3.8, 4) is 5.75 Å². The first-order chi connectivity index (χ1) is 9.70. The van der Waals surface area contributed by atoms with Crippen LogP contribution in [0.15, 0.2) is 48.5 Å². The Bertz CT molecular complexity index is 547. The Morgan fingerprint density at radius 1 is 1.15 bits per heavy atom. The first-order valence-electron chi connectivity index (χ1n) is 6.48. The lowest BCUT2D eigenvalue weighted by Crippen LogP contribution is -2.33. The minimum atomic E-state index is -0.386. The molecule has 0 aromatic heterocycles. The summed E-state index contributed by atoms with van der Waals surface area (Å²) >= 11 is 5.97. The topological polar surface area (TPSA) is 21.3 Å². The molecule has 0 amide bonds. The van der Waals surface area contributed by atoms with Gasteiger partial charge in [-0.15, -0.1) is 0 Å². The fourth-order valence-corrected chi connectivity index (χ4v) is 2.13. The highest BCUT2D eigenvalue weighted by Gasteiger charge is 2.12. The maximum absolute atomic E-state index is 13.4. The van der Waals surface area contributed by atoms with Crippen molar-refractivity contribution in [2.75, 3.05) is 13.7 Å². The van der Waals surface area contributed by atoms with Crippen LogP contribution in [-0.2, 0) is 6.42 Å². The maximum atomic E-state index is 13.4. The summed E-state index contributed by atoms with van der Waals surface area (Å²) in [5.41, 5.74) is 0.780. The number of para-hydroxylation sites is 1. The SMILES string of the molecule is CNC(COc1ccccc1)Cc1cccc(F)c1Cl. The molecule has 20 heavy (non-hydrogen) atoms. The normalized spacial score (nSPS) is 12.2. The monoisotopic (exact) mass is 293 g/mol. The lowest BCUT2D eigenvalue weighted by molar-refractivity contribution is 0.269. The van der Waals surface area contributed by atoms with Crippen LogP contribution in [0.25, 0.3) is 0 Å². The molecule has 0 heterocycles. The van der Waals surface area contributed by atoms with Crippen LogP contribution >= 0.6 is 11.6 Å². The van der Waals surface area contributed by atoms with Crippen LogP contribution in [0.5, 0.6) is 5.75 Å². The summed E-state index contributed by atoms with van der Waals surface area (Å²) in [7, 11) is 1.85. The van der Waals surface area contributed by atoms with Crippen molar-refractivity contribution in [1.29, 1.82) is 0 Å². The number of nitrogens with one attached hydrogen (secondary N) is 1. The van der Waals surface area contributed by atoms with E-state index in [4.69, 9.17) is 16.3 Å². The van der Waals surface area contributed by atoms with E-state index in [9.17, 15) is 4.39 Å². The van der Waals surface area contributed by atoms with E-state index in [1.807, 2.05) is 43.4 Å². The maximum Gasteiger partial charge on any atom is 0.142 e. The second kappa shape index (κ2) is 7.27. The Hall–Kier alpha value is -1.58. The zero-order valence-corrected chi connectivity index (χ0v) is 12.0. The van der Waals surface area contributed by atoms with Crippen LogP contribution in [0, 0.1) is 5.82 Å². The van der Waals surface area contributed by atoms with Gasteiger partial charge in [0.25, 0.3) is 0 Å². The van der Waals surface area contributed by atoms with Gasteiger partial charge in [-0.2, -0.15) is 0 Å². The minimum absolute atomic E-state index is 0.0644. The van der Waals surface area contributed by atoms with Crippen molar-refractivity contribution in [2.45, 2.75) is 12.5 Å². The molecule has 1 unspecified atom stereocenters. The van der Waals surface area contributed by atoms with Gasteiger partial charge in [0, 0.05) is 6.04 Å². The van der Waals surface area contributed by atoms with Crippen molar-refractivity contribution in [2.24, 2.45) is 0 Å². The average Bonchev–Trinajstić information content (AvgIpc) is 2.49. The molecule has 0 aliphatic rings. The van der Waals surface area contributed by atoms with Crippen LogP contribution in [-0.4, -0.2) is 19.7 Å². The predicted octanol–water partition coefficient (Wildman–Crippen LogP) is 3.69. The third-order valence-corrected chi connectivity index (χ3v) is 3.52. The molecule has 2 aromatic carbocycles. The number of rotatable bonds is 6. The quantitative estimate of drug-likeness (QED) is 0.877. The number of ether oxygens (including phenoxy) is 1. The van der Waals surface area contributed by atoms with Gasteiger partial charge in [0.2, 0.25) is 0 Å². The second-order valence-corrected chi connectivity index (χ2v) is 4.90. The summed E-state index contributed by atoms with van der Waals surface area (Å²) in [5.74, 6) is 0.432. The van der Waals surface area contributed by atoms with Crippen LogP contribution in [0.4, 0.5) is 4.39 Å². The van der Waals surface area contributed by atoms with Gasteiger partial charge >= 0.3 is 0 Å². The van der Waals surface area contributed by atoms with Gasteiger partial charge in [0.05, 0.1) is 5.02 Å². The van der Waals surface area contributed by atoms with Crippen molar-refractivity contribution in [1.82, 2.24) is 5.32 Å². The predicted molar refractivity (Wildman–Crippen MR) is 79.9 cm³/mol. The molecule has 106 valence electrons. The van der Waals surface area contributed by atoms with E-state index in [1.165, 1.54) is 6.07 Å². The summed E-state index contributed by atoms with van der Waals surface area (Å²) in [4.78, 5) is 0. The van der Waals surface area contributed by atoms with Crippen LogP contribution in [0.3, 0.4) is 0 Å². The second-order valence-electron chi connectivity index (χ2n) is 4.53. The summed E-state index contributed by atoms with van der Waals surface area (Å²) < 4.78 is 19.1. The number of hydrogen-bond acceptors (Lipinski definition) is 2. The van der Waals surface area contributed by atoms with E-state index in [0.29, 0.717) is 13.0 Å². The molecule has 0 radical (unpaired) electrons. The van der Waals surface area contributed by atoms with E-state index >= 15 is 0 Å². The molecule has 1 atom stereocenters. The molecule has 0 saturated carbocycles. The highest BCUT2D eigenvalue weighted by molar-refractivity contribution is 6.31. The largest absolute Gasteiger partial charge is 0.492 e. The van der Waals surface area contributed by atoms with E-state index < -0.39 is 0 Å². The Labute approximate surface area is 123 Å². The Morgan fingerprint density at radius 2 is 1.90 bits per heavy atom. The number of likely N-dealkylation sites (N-methyl/N-ethyl adjacent to an activating group) is 1. The molecule has 0 saturated heterocycles. The molecular formula is C16H17ClFNO. The molecule has 0 bridgehead atoms. The zero-order chi connectivity index (χ0) is 14.4.